The number of hydrogen-bond donors (Lipinski definition) is 3. The van der Waals surface area contributed by atoms with Crippen LogP contribution in [0.5, 0.6) is 5.75 Å². The van der Waals surface area contributed by atoms with Crippen LogP contribution in [0.4, 0.5) is 11.4 Å². The lowest BCUT2D eigenvalue weighted by atomic mass is 10.1. The van der Waals surface area contributed by atoms with Crippen molar-refractivity contribution < 1.29 is 5.11 Å². The fourth-order valence-corrected chi connectivity index (χ4v) is 5.04. The molecule has 0 saturated carbocycles. The molecule has 0 fully saturated rings. The third-order valence-electron chi connectivity index (χ3n) is 7.10. The van der Waals surface area contributed by atoms with Crippen LogP contribution in [0, 0.1) is 6.92 Å². The third kappa shape index (κ3) is 4.84. The Bertz CT molecular complexity index is 1920. The van der Waals surface area contributed by atoms with Gasteiger partial charge in [0.05, 0.1) is 33.4 Å². The molecule has 2 heterocycles. The van der Waals surface area contributed by atoms with Crippen LogP contribution in [0.15, 0.2) is 119 Å². The number of hydrogen-bond acceptors (Lipinski definition) is 5. The number of aromatic nitrogens is 4. The van der Waals surface area contributed by atoms with Crippen molar-refractivity contribution in [1.82, 2.24) is 19.9 Å². The molecule has 0 unspecified atom stereocenters. The van der Waals surface area contributed by atoms with Gasteiger partial charge in [-0.25, -0.2) is 9.97 Å². The van der Waals surface area contributed by atoms with Crippen molar-refractivity contribution >= 4 is 45.9 Å². The highest BCUT2D eigenvalue weighted by Crippen LogP contribution is 2.32. The monoisotopic (exact) mass is 546 g/mol. The van der Waals surface area contributed by atoms with E-state index in [1.165, 1.54) is 0 Å². The van der Waals surface area contributed by atoms with Gasteiger partial charge in [0.2, 0.25) is 0 Å². The van der Waals surface area contributed by atoms with E-state index in [2.05, 4.69) is 9.97 Å². The van der Waals surface area contributed by atoms with Gasteiger partial charge < -0.3 is 15.1 Å². The molecule has 3 N–H and O–H groups in total. The van der Waals surface area contributed by atoms with E-state index in [1.807, 2.05) is 116 Å². The SMILES string of the molecule is Cc1cc(C=Nc2ccccc2-c2nc3ccccc3[nH]2)c(O)c(C=Nc2ccccc2-c2nc3ccccc3[nH]2)c1. The minimum atomic E-state index is 0.107. The summed E-state index contributed by atoms with van der Waals surface area (Å²) < 4.78 is 0. The molecule has 7 aromatic rings. The van der Waals surface area contributed by atoms with Crippen LogP contribution < -0.4 is 0 Å². The Hall–Kier alpha value is -5.82. The standard InChI is InChI=1S/C35H26N6O/c1-22-18-23(20-36-27-12-4-2-10-25(27)34-38-29-14-6-7-15-30(29)39-34)33(42)24(19-22)21-37-28-13-5-3-11-26(28)35-40-31-16-8-9-17-32(31)41-35/h2-21,42H,1H3,(H,38,39)(H,40,41). The van der Waals surface area contributed by atoms with Crippen LogP contribution in [0.2, 0.25) is 0 Å². The van der Waals surface area contributed by atoms with Crippen molar-refractivity contribution in [1.29, 1.82) is 0 Å². The fourth-order valence-electron chi connectivity index (χ4n) is 5.04. The first-order valence-electron chi connectivity index (χ1n) is 13.6. The van der Waals surface area contributed by atoms with E-state index in [4.69, 9.17) is 20.0 Å². The number of para-hydroxylation sites is 6. The summed E-state index contributed by atoms with van der Waals surface area (Å²) in [5, 5.41) is 11.2. The van der Waals surface area contributed by atoms with E-state index in [0.717, 1.165) is 61.8 Å². The topological polar surface area (TPSA) is 102 Å². The van der Waals surface area contributed by atoms with Gasteiger partial charge in [0.1, 0.15) is 17.4 Å². The molecule has 0 bridgehead atoms. The number of nitrogens with zero attached hydrogens (tertiary/aromatic N) is 4. The molecule has 0 saturated heterocycles. The summed E-state index contributed by atoms with van der Waals surface area (Å²) >= 11 is 0. The molecule has 7 heteroatoms. The van der Waals surface area contributed by atoms with Gasteiger partial charge in [0.15, 0.2) is 0 Å². The largest absolute Gasteiger partial charge is 0.507 e. The van der Waals surface area contributed by atoms with E-state index in [-0.39, 0.29) is 5.75 Å². The molecule has 0 atom stereocenters. The minimum absolute atomic E-state index is 0.107. The number of phenolic OH excluding ortho intramolecular Hbond substituents is 1. The van der Waals surface area contributed by atoms with Crippen LogP contribution in [-0.4, -0.2) is 37.5 Å². The Labute approximate surface area is 242 Å². The summed E-state index contributed by atoms with van der Waals surface area (Å²) in [5.74, 6) is 1.59. The van der Waals surface area contributed by atoms with Crippen molar-refractivity contribution in [3.05, 3.63) is 126 Å². The van der Waals surface area contributed by atoms with Crippen LogP contribution in [0.25, 0.3) is 44.8 Å². The van der Waals surface area contributed by atoms with E-state index < -0.39 is 0 Å². The molecule has 0 aliphatic carbocycles. The highest BCUT2D eigenvalue weighted by molar-refractivity contribution is 5.95. The first-order chi connectivity index (χ1) is 20.6. The highest BCUT2D eigenvalue weighted by Gasteiger charge is 2.12. The van der Waals surface area contributed by atoms with E-state index in [1.54, 1.807) is 12.4 Å². The molecule has 7 rings (SSSR count). The molecule has 0 amide bonds. The molecular weight excluding hydrogens is 520 g/mol. The fraction of sp³-hybridized carbons (Fsp3) is 0.0286. The summed E-state index contributed by atoms with van der Waals surface area (Å²) in [6.07, 6.45) is 3.37. The molecule has 0 radical (unpaired) electrons. The average molecular weight is 547 g/mol. The van der Waals surface area contributed by atoms with Gasteiger partial charge in [0.25, 0.3) is 0 Å². The molecule has 7 nitrogen and oxygen atoms in total. The maximum Gasteiger partial charge on any atom is 0.140 e. The van der Waals surface area contributed by atoms with Crippen molar-refractivity contribution in [3.63, 3.8) is 0 Å². The van der Waals surface area contributed by atoms with Gasteiger partial charge in [-0.3, -0.25) is 9.98 Å². The number of phenols is 1. The average Bonchev–Trinajstić information content (AvgIpc) is 3.65. The number of rotatable bonds is 6. The molecule has 0 spiro atoms. The van der Waals surface area contributed by atoms with Crippen molar-refractivity contribution in [2.75, 3.05) is 0 Å². The van der Waals surface area contributed by atoms with Crippen LogP contribution >= 0.6 is 0 Å². The number of aromatic amines is 2. The Balaban J connectivity index is 1.21. The van der Waals surface area contributed by atoms with Gasteiger partial charge in [-0.05, 0) is 73.2 Å². The summed E-state index contributed by atoms with van der Waals surface area (Å²) in [4.78, 5) is 25.7. The number of H-pyrrole nitrogens is 2. The van der Waals surface area contributed by atoms with Crippen LogP contribution in [0.3, 0.4) is 0 Å². The molecule has 0 aliphatic rings. The quantitative estimate of drug-likeness (QED) is 0.183. The minimum Gasteiger partial charge on any atom is -0.507 e. The van der Waals surface area contributed by atoms with Crippen LogP contribution in [-0.2, 0) is 0 Å². The van der Waals surface area contributed by atoms with E-state index in [9.17, 15) is 5.11 Å². The first-order valence-corrected chi connectivity index (χ1v) is 13.6. The number of aryl methyl sites for hydroxylation is 1. The maximum atomic E-state index is 11.2. The highest BCUT2D eigenvalue weighted by atomic mass is 16.3. The van der Waals surface area contributed by atoms with E-state index in [0.29, 0.717) is 11.1 Å². The second-order valence-corrected chi connectivity index (χ2v) is 10.0. The summed E-state index contributed by atoms with van der Waals surface area (Å²) in [7, 11) is 0. The number of aliphatic imine (C=N–C) groups is 2. The van der Waals surface area contributed by atoms with Gasteiger partial charge >= 0.3 is 0 Å². The molecule has 42 heavy (non-hydrogen) atoms. The lowest BCUT2D eigenvalue weighted by molar-refractivity contribution is 0.473. The lowest BCUT2D eigenvalue weighted by Gasteiger charge is -2.07. The Morgan fingerprint density at radius 2 is 1.02 bits per heavy atom. The second-order valence-electron chi connectivity index (χ2n) is 10.0. The predicted octanol–water partition coefficient (Wildman–Crippen LogP) is 8.29. The number of imidazole rings is 2. The van der Waals surface area contributed by atoms with Gasteiger partial charge in [-0.2, -0.15) is 0 Å². The Kier molecular flexibility index (Phi) is 6.37. The number of fused-ring (bicyclic) bond motifs is 2. The molecule has 0 aliphatic heterocycles. The molecule has 2 aromatic heterocycles. The third-order valence-corrected chi connectivity index (χ3v) is 7.10. The number of benzene rings is 5. The maximum absolute atomic E-state index is 11.2. The summed E-state index contributed by atoms with van der Waals surface area (Å²) in [6.45, 7) is 1.98. The Morgan fingerprint density at radius 3 is 1.50 bits per heavy atom. The molecule has 5 aromatic carbocycles. The number of nitrogens with one attached hydrogen (secondary N) is 2. The lowest BCUT2D eigenvalue weighted by Crippen LogP contribution is -1.92. The normalized spacial score (nSPS) is 11.8. The second kappa shape index (κ2) is 10.6. The zero-order valence-electron chi connectivity index (χ0n) is 22.8. The Morgan fingerprint density at radius 1 is 0.595 bits per heavy atom. The predicted molar refractivity (Wildman–Crippen MR) is 170 cm³/mol. The van der Waals surface area contributed by atoms with Crippen molar-refractivity contribution in [2.45, 2.75) is 6.92 Å². The van der Waals surface area contributed by atoms with Crippen molar-refractivity contribution in [3.8, 4) is 28.5 Å². The van der Waals surface area contributed by atoms with E-state index >= 15 is 0 Å². The summed E-state index contributed by atoms with van der Waals surface area (Å²) in [6, 6.07) is 35.3. The zero-order chi connectivity index (χ0) is 28.5. The zero-order valence-corrected chi connectivity index (χ0v) is 22.8. The summed E-state index contributed by atoms with van der Waals surface area (Å²) in [5.41, 5.74) is 9.14. The molecule has 202 valence electrons. The van der Waals surface area contributed by atoms with Gasteiger partial charge in [0, 0.05) is 34.7 Å². The first kappa shape index (κ1) is 25.2. The smallest absolute Gasteiger partial charge is 0.140 e. The van der Waals surface area contributed by atoms with Crippen LogP contribution in [0.1, 0.15) is 16.7 Å². The van der Waals surface area contributed by atoms with Crippen molar-refractivity contribution in [2.24, 2.45) is 9.98 Å². The van der Waals surface area contributed by atoms with Gasteiger partial charge in [-0.15, -0.1) is 0 Å². The number of aromatic hydroxyl groups is 1. The molecular formula is C35H26N6O. The van der Waals surface area contributed by atoms with Gasteiger partial charge in [-0.1, -0.05) is 48.5 Å².